The highest BCUT2D eigenvalue weighted by Gasteiger charge is 2.14. The van der Waals surface area contributed by atoms with Crippen molar-refractivity contribution >= 4 is 33.3 Å². The van der Waals surface area contributed by atoms with Crippen molar-refractivity contribution < 1.29 is 9.18 Å². The molecule has 19 heavy (non-hydrogen) atoms. The van der Waals surface area contributed by atoms with Gasteiger partial charge in [-0.2, -0.15) is 0 Å². The Morgan fingerprint density at radius 2 is 2.05 bits per heavy atom. The molecule has 98 valence electrons. The third-order valence-corrected chi connectivity index (χ3v) is 3.97. The molecule has 2 aromatic carbocycles. The molecule has 1 nitrogen and oxygen atoms in total. The standard InChI is InChI=1S/C15H11BrClFO/c1-9-5-6-10(12(17)7-9)8-14(19)11-3-2-4-13(18)15(11)16/h2-7H,8H2,1H3. The van der Waals surface area contributed by atoms with Crippen LogP contribution in [0.1, 0.15) is 21.5 Å². The predicted octanol–water partition coefficient (Wildman–Crippen LogP) is 4.98. The highest BCUT2D eigenvalue weighted by Crippen LogP contribution is 2.24. The quantitative estimate of drug-likeness (QED) is 0.720. The van der Waals surface area contributed by atoms with E-state index in [1.165, 1.54) is 12.1 Å². The molecule has 0 heterocycles. The summed E-state index contributed by atoms with van der Waals surface area (Å²) < 4.78 is 13.6. The summed E-state index contributed by atoms with van der Waals surface area (Å²) in [6.07, 6.45) is 0.154. The van der Waals surface area contributed by atoms with Gasteiger partial charge in [-0.15, -0.1) is 0 Å². The Hall–Kier alpha value is -1.19. The Morgan fingerprint density at radius 1 is 1.32 bits per heavy atom. The minimum atomic E-state index is -0.444. The van der Waals surface area contributed by atoms with Gasteiger partial charge in [0.25, 0.3) is 0 Å². The number of ketones is 1. The summed E-state index contributed by atoms with van der Waals surface area (Å²) in [6.45, 7) is 1.93. The number of Topliss-reactive ketones (excluding diaryl/α,β-unsaturated/α-hetero) is 1. The summed E-state index contributed by atoms with van der Waals surface area (Å²) in [5.74, 6) is -0.613. The van der Waals surface area contributed by atoms with Crippen molar-refractivity contribution in [1.82, 2.24) is 0 Å². The minimum Gasteiger partial charge on any atom is -0.294 e. The third-order valence-electron chi connectivity index (χ3n) is 2.81. The van der Waals surface area contributed by atoms with E-state index in [2.05, 4.69) is 15.9 Å². The molecule has 0 atom stereocenters. The molecular formula is C15H11BrClFO. The number of hydrogen-bond acceptors (Lipinski definition) is 1. The summed E-state index contributed by atoms with van der Waals surface area (Å²) >= 11 is 9.19. The summed E-state index contributed by atoms with van der Waals surface area (Å²) in [7, 11) is 0. The number of hydrogen-bond donors (Lipinski definition) is 0. The lowest BCUT2D eigenvalue weighted by atomic mass is 10.0. The van der Waals surface area contributed by atoms with Crippen molar-refractivity contribution in [2.75, 3.05) is 0 Å². The van der Waals surface area contributed by atoms with Crippen LogP contribution in [-0.2, 0) is 6.42 Å². The molecule has 0 aromatic heterocycles. The first-order chi connectivity index (χ1) is 8.99. The lowest BCUT2D eigenvalue weighted by molar-refractivity contribution is 0.0991. The van der Waals surface area contributed by atoms with Crippen LogP contribution in [0.4, 0.5) is 4.39 Å². The Balaban J connectivity index is 2.28. The maximum Gasteiger partial charge on any atom is 0.168 e. The number of halogens is 3. The number of aryl methyl sites for hydroxylation is 1. The van der Waals surface area contributed by atoms with E-state index in [-0.39, 0.29) is 16.7 Å². The van der Waals surface area contributed by atoms with Crippen molar-refractivity contribution in [3.63, 3.8) is 0 Å². The zero-order valence-electron chi connectivity index (χ0n) is 10.2. The summed E-state index contributed by atoms with van der Waals surface area (Å²) in [5.41, 5.74) is 2.11. The molecule has 0 amide bonds. The van der Waals surface area contributed by atoms with Crippen molar-refractivity contribution in [2.45, 2.75) is 13.3 Å². The van der Waals surface area contributed by atoms with Crippen LogP contribution in [0.5, 0.6) is 0 Å². The second-order valence-electron chi connectivity index (χ2n) is 4.30. The van der Waals surface area contributed by atoms with Gasteiger partial charge in [-0.05, 0) is 46.1 Å². The van der Waals surface area contributed by atoms with Gasteiger partial charge in [0.2, 0.25) is 0 Å². The highest BCUT2D eigenvalue weighted by molar-refractivity contribution is 9.10. The predicted molar refractivity (Wildman–Crippen MR) is 78.3 cm³/mol. The van der Waals surface area contributed by atoms with E-state index in [1.54, 1.807) is 6.07 Å². The Kier molecular flexibility index (Phi) is 4.38. The molecule has 0 aliphatic heterocycles. The van der Waals surface area contributed by atoms with E-state index in [4.69, 9.17) is 11.6 Å². The van der Waals surface area contributed by atoms with E-state index in [0.717, 1.165) is 11.1 Å². The summed E-state index contributed by atoms with van der Waals surface area (Å²) in [5, 5.41) is 0.556. The number of benzene rings is 2. The first-order valence-corrected chi connectivity index (χ1v) is 6.88. The van der Waals surface area contributed by atoms with Crippen molar-refractivity contribution in [3.05, 3.63) is 68.4 Å². The van der Waals surface area contributed by atoms with E-state index in [9.17, 15) is 9.18 Å². The second kappa shape index (κ2) is 5.85. The Bertz CT molecular complexity index is 640. The monoisotopic (exact) mass is 340 g/mol. The van der Waals surface area contributed by atoms with Crippen LogP contribution in [0.3, 0.4) is 0 Å². The lowest BCUT2D eigenvalue weighted by Crippen LogP contribution is -2.06. The topological polar surface area (TPSA) is 17.1 Å². The van der Waals surface area contributed by atoms with Gasteiger partial charge in [0, 0.05) is 17.0 Å². The number of carbonyl (C=O) groups excluding carboxylic acids is 1. The zero-order chi connectivity index (χ0) is 14.0. The molecule has 0 saturated heterocycles. The van der Waals surface area contributed by atoms with Crippen LogP contribution in [0.15, 0.2) is 40.9 Å². The van der Waals surface area contributed by atoms with Crippen LogP contribution < -0.4 is 0 Å². The van der Waals surface area contributed by atoms with Gasteiger partial charge in [-0.1, -0.05) is 35.9 Å². The summed E-state index contributed by atoms with van der Waals surface area (Å²) in [4.78, 5) is 12.2. The van der Waals surface area contributed by atoms with Gasteiger partial charge < -0.3 is 0 Å². The molecule has 0 N–H and O–H groups in total. The van der Waals surface area contributed by atoms with Crippen molar-refractivity contribution in [1.29, 1.82) is 0 Å². The second-order valence-corrected chi connectivity index (χ2v) is 5.50. The minimum absolute atomic E-state index is 0.154. The fraction of sp³-hybridized carbons (Fsp3) is 0.133. The molecule has 0 unspecified atom stereocenters. The maximum absolute atomic E-state index is 13.4. The molecule has 0 aliphatic carbocycles. The van der Waals surface area contributed by atoms with E-state index < -0.39 is 5.82 Å². The third kappa shape index (κ3) is 3.23. The van der Waals surface area contributed by atoms with Gasteiger partial charge in [-0.25, -0.2) is 4.39 Å². The van der Waals surface area contributed by atoms with Crippen LogP contribution in [0.25, 0.3) is 0 Å². The Labute approximate surface area is 124 Å². The first kappa shape index (κ1) is 14.2. The lowest BCUT2D eigenvalue weighted by Gasteiger charge is -2.07. The average molecular weight is 342 g/mol. The fourth-order valence-electron chi connectivity index (χ4n) is 1.78. The smallest absolute Gasteiger partial charge is 0.168 e. The van der Waals surface area contributed by atoms with Crippen molar-refractivity contribution in [3.8, 4) is 0 Å². The van der Waals surface area contributed by atoms with Gasteiger partial charge in [0.05, 0.1) is 4.47 Å². The van der Waals surface area contributed by atoms with Crippen LogP contribution in [0, 0.1) is 12.7 Å². The maximum atomic E-state index is 13.4. The molecule has 0 saturated carbocycles. The zero-order valence-corrected chi connectivity index (χ0v) is 12.6. The first-order valence-electron chi connectivity index (χ1n) is 5.71. The van der Waals surface area contributed by atoms with Crippen LogP contribution in [0.2, 0.25) is 5.02 Å². The van der Waals surface area contributed by atoms with Gasteiger partial charge in [0.1, 0.15) is 5.82 Å². The van der Waals surface area contributed by atoms with E-state index in [0.29, 0.717) is 10.6 Å². The molecule has 0 radical (unpaired) electrons. The highest BCUT2D eigenvalue weighted by atomic mass is 79.9. The number of rotatable bonds is 3. The SMILES string of the molecule is Cc1ccc(CC(=O)c2cccc(F)c2Br)c(Cl)c1. The van der Waals surface area contributed by atoms with E-state index in [1.807, 2.05) is 25.1 Å². The largest absolute Gasteiger partial charge is 0.294 e. The van der Waals surface area contributed by atoms with Crippen LogP contribution in [-0.4, -0.2) is 5.78 Å². The fourth-order valence-corrected chi connectivity index (χ4v) is 2.57. The molecule has 0 aliphatic rings. The average Bonchev–Trinajstić information content (AvgIpc) is 2.36. The van der Waals surface area contributed by atoms with Crippen LogP contribution >= 0.6 is 27.5 Å². The molecule has 0 spiro atoms. The molecule has 2 rings (SSSR count). The number of carbonyl (C=O) groups is 1. The molecular weight excluding hydrogens is 331 g/mol. The van der Waals surface area contributed by atoms with Gasteiger partial charge >= 0.3 is 0 Å². The van der Waals surface area contributed by atoms with Crippen molar-refractivity contribution in [2.24, 2.45) is 0 Å². The molecule has 2 aromatic rings. The van der Waals surface area contributed by atoms with Gasteiger partial charge in [-0.3, -0.25) is 4.79 Å². The van der Waals surface area contributed by atoms with Gasteiger partial charge in [0.15, 0.2) is 5.78 Å². The molecule has 0 fully saturated rings. The normalized spacial score (nSPS) is 10.5. The van der Waals surface area contributed by atoms with E-state index >= 15 is 0 Å². The molecule has 0 bridgehead atoms. The summed E-state index contributed by atoms with van der Waals surface area (Å²) in [6, 6.07) is 9.95. The molecule has 4 heteroatoms. The Morgan fingerprint density at radius 3 is 2.74 bits per heavy atom.